The van der Waals surface area contributed by atoms with Crippen LogP contribution < -0.4 is 10.6 Å². The number of anilines is 1. The topological polar surface area (TPSA) is 54.0 Å². The van der Waals surface area contributed by atoms with Gasteiger partial charge in [0.15, 0.2) is 0 Å². The molecule has 1 aliphatic rings. The Labute approximate surface area is 141 Å². The summed E-state index contributed by atoms with van der Waals surface area (Å²) in [4.78, 5) is 17.3. The third-order valence-electron chi connectivity index (χ3n) is 3.90. The molecule has 120 valence electrons. The zero-order chi connectivity index (χ0) is 15.9. The Morgan fingerprint density at radius 2 is 2.17 bits per heavy atom. The second-order valence-electron chi connectivity index (χ2n) is 5.79. The van der Waals surface area contributed by atoms with Gasteiger partial charge in [0.05, 0.1) is 0 Å². The molecule has 1 aromatic heterocycles. The van der Waals surface area contributed by atoms with Crippen molar-refractivity contribution < 1.29 is 4.79 Å². The lowest BCUT2D eigenvalue weighted by Crippen LogP contribution is -2.18. The number of carbonyl (C=O) groups excluding carboxylic acids is 1. The van der Waals surface area contributed by atoms with Crippen molar-refractivity contribution in [1.29, 1.82) is 0 Å². The monoisotopic (exact) mass is 327 g/mol. The summed E-state index contributed by atoms with van der Waals surface area (Å²) in [6, 6.07) is 12.1. The molecule has 1 saturated heterocycles. The van der Waals surface area contributed by atoms with E-state index in [0.717, 1.165) is 31.0 Å². The number of hydrogen-bond donors (Lipinski definition) is 2. The van der Waals surface area contributed by atoms with Crippen LogP contribution >= 0.6 is 11.8 Å². The number of thioether (sulfide) groups is 1. The molecule has 0 aliphatic carbocycles. The quantitative estimate of drug-likeness (QED) is 0.799. The van der Waals surface area contributed by atoms with Gasteiger partial charge in [0, 0.05) is 35.2 Å². The Morgan fingerprint density at radius 1 is 1.30 bits per heavy atom. The second-order valence-corrected chi connectivity index (χ2v) is 6.83. The molecule has 0 bridgehead atoms. The second kappa shape index (κ2) is 8.13. The molecule has 2 N–H and O–H groups in total. The minimum Gasteiger partial charge on any atom is -0.326 e. The van der Waals surface area contributed by atoms with Crippen LogP contribution in [0, 0.1) is 5.92 Å². The lowest BCUT2D eigenvalue weighted by molar-refractivity contribution is -0.116. The highest BCUT2D eigenvalue weighted by molar-refractivity contribution is 7.98. The molecule has 1 unspecified atom stereocenters. The molecule has 1 atom stereocenters. The molecular formula is C18H21N3OS. The number of amides is 1. The van der Waals surface area contributed by atoms with Crippen molar-refractivity contribution >= 4 is 23.4 Å². The zero-order valence-corrected chi connectivity index (χ0v) is 13.8. The number of rotatable bonds is 6. The fourth-order valence-corrected chi connectivity index (χ4v) is 3.48. The Morgan fingerprint density at radius 3 is 2.87 bits per heavy atom. The van der Waals surface area contributed by atoms with Crippen LogP contribution in [0.2, 0.25) is 0 Å². The molecule has 1 aromatic carbocycles. The highest BCUT2D eigenvalue weighted by atomic mass is 32.2. The Balaban J connectivity index is 1.47. The first-order chi connectivity index (χ1) is 11.3. The molecule has 5 heteroatoms. The van der Waals surface area contributed by atoms with Gasteiger partial charge in [-0.2, -0.15) is 0 Å². The van der Waals surface area contributed by atoms with Gasteiger partial charge >= 0.3 is 0 Å². The van der Waals surface area contributed by atoms with Gasteiger partial charge in [0.25, 0.3) is 0 Å². The zero-order valence-electron chi connectivity index (χ0n) is 13.0. The van der Waals surface area contributed by atoms with Gasteiger partial charge in [-0.1, -0.05) is 6.07 Å². The van der Waals surface area contributed by atoms with E-state index in [9.17, 15) is 4.79 Å². The van der Waals surface area contributed by atoms with E-state index in [2.05, 4.69) is 21.7 Å². The van der Waals surface area contributed by atoms with E-state index in [1.165, 1.54) is 10.5 Å². The van der Waals surface area contributed by atoms with Gasteiger partial charge in [-0.3, -0.25) is 9.78 Å². The Kier molecular flexibility index (Phi) is 5.66. The van der Waals surface area contributed by atoms with Crippen LogP contribution in [0.5, 0.6) is 0 Å². The normalized spacial score (nSPS) is 17.1. The van der Waals surface area contributed by atoms with Crippen LogP contribution in [-0.4, -0.2) is 24.0 Å². The third-order valence-corrected chi connectivity index (χ3v) is 4.99. The van der Waals surface area contributed by atoms with Gasteiger partial charge in [-0.15, -0.1) is 11.8 Å². The highest BCUT2D eigenvalue weighted by Gasteiger charge is 2.17. The van der Waals surface area contributed by atoms with E-state index in [-0.39, 0.29) is 5.91 Å². The molecule has 1 fully saturated rings. The van der Waals surface area contributed by atoms with Gasteiger partial charge in [0.2, 0.25) is 5.91 Å². The maximum absolute atomic E-state index is 12.0. The average Bonchev–Trinajstić information content (AvgIpc) is 3.08. The van der Waals surface area contributed by atoms with Crippen molar-refractivity contribution in [2.45, 2.75) is 23.5 Å². The maximum Gasteiger partial charge on any atom is 0.224 e. The van der Waals surface area contributed by atoms with Gasteiger partial charge in [0.1, 0.15) is 0 Å². The lowest BCUT2D eigenvalue weighted by atomic mass is 10.0. The summed E-state index contributed by atoms with van der Waals surface area (Å²) in [5.41, 5.74) is 2.08. The first-order valence-corrected chi connectivity index (χ1v) is 8.90. The van der Waals surface area contributed by atoms with Gasteiger partial charge < -0.3 is 10.6 Å². The molecular weight excluding hydrogens is 306 g/mol. The molecule has 4 nitrogen and oxygen atoms in total. The van der Waals surface area contributed by atoms with Crippen molar-refractivity contribution in [3.8, 4) is 0 Å². The lowest BCUT2D eigenvalue weighted by Gasteiger charge is -2.09. The van der Waals surface area contributed by atoms with E-state index >= 15 is 0 Å². The summed E-state index contributed by atoms with van der Waals surface area (Å²) >= 11 is 1.77. The number of carbonyl (C=O) groups is 1. The number of hydrogen-bond acceptors (Lipinski definition) is 4. The van der Waals surface area contributed by atoms with E-state index < -0.39 is 0 Å². The molecule has 2 aromatic rings. The number of benzene rings is 1. The maximum atomic E-state index is 12.0. The number of pyridine rings is 1. The smallest absolute Gasteiger partial charge is 0.224 e. The molecule has 1 aliphatic heterocycles. The summed E-state index contributed by atoms with van der Waals surface area (Å²) in [5.74, 6) is 1.48. The highest BCUT2D eigenvalue weighted by Crippen LogP contribution is 2.24. The first-order valence-electron chi connectivity index (χ1n) is 7.92. The minimum absolute atomic E-state index is 0.106. The molecule has 3 rings (SSSR count). The van der Waals surface area contributed by atoms with E-state index in [4.69, 9.17) is 0 Å². The molecule has 23 heavy (non-hydrogen) atoms. The fraction of sp³-hybridized carbons (Fsp3) is 0.333. The van der Waals surface area contributed by atoms with Crippen molar-refractivity contribution in [3.05, 3.63) is 54.4 Å². The largest absolute Gasteiger partial charge is 0.326 e. The van der Waals surface area contributed by atoms with Crippen molar-refractivity contribution in [3.63, 3.8) is 0 Å². The average molecular weight is 327 g/mol. The SMILES string of the molecule is O=C(CC1CCNC1)Nc1ccc(SCc2cccnc2)cc1. The third kappa shape index (κ3) is 5.08. The Hall–Kier alpha value is -1.85. The van der Waals surface area contributed by atoms with Crippen LogP contribution in [0.3, 0.4) is 0 Å². The first kappa shape index (κ1) is 16.0. The predicted molar refractivity (Wildman–Crippen MR) is 94.5 cm³/mol. The van der Waals surface area contributed by atoms with Crippen LogP contribution in [0.25, 0.3) is 0 Å². The van der Waals surface area contributed by atoms with Crippen molar-refractivity contribution in [2.75, 3.05) is 18.4 Å². The number of nitrogens with zero attached hydrogens (tertiary/aromatic N) is 1. The molecule has 1 amide bonds. The molecule has 0 radical (unpaired) electrons. The van der Waals surface area contributed by atoms with Crippen LogP contribution in [0.1, 0.15) is 18.4 Å². The van der Waals surface area contributed by atoms with Crippen molar-refractivity contribution in [2.24, 2.45) is 5.92 Å². The summed E-state index contributed by atoms with van der Waals surface area (Å²) in [5, 5.41) is 6.27. The van der Waals surface area contributed by atoms with Gasteiger partial charge in [-0.25, -0.2) is 0 Å². The summed E-state index contributed by atoms with van der Waals surface area (Å²) < 4.78 is 0. The van der Waals surface area contributed by atoms with Crippen LogP contribution in [0.4, 0.5) is 5.69 Å². The van der Waals surface area contributed by atoms with Gasteiger partial charge in [-0.05, 0) is 61.3 Å². The van der Waals surface area contributed by atoms with Crippen molar-refractivity contribution in [1.82, 2.24) is 10.3 Å². The Bertz CT molecular complexity index is 624. The predicted octanol–water partition coefficient (Wildman–Crippen LogP) is 3.31. The standard InChI is InChI=1S/C18H21N3OS/c22-18(10-14-7-9-20-11-14)21-16-3-5-17(6-4-16)23-13-15-2-1-8-19-12-15/h1-6,8,12,14,20H,7,9-11,13H2,(H,21,22). The van der Waals surface area contributed by atoms with Crippen LogP contribution in [0.15, 0.2) is 53.7 Å². The summed E-state index contributed by atoms with van der Waals surface area (Å²) in [6.45, 7) is 1.98. The van der Waals surface area contributed by atoms with Crippen LogP contribution in [-0.2, 0) is 10.5 Å². The molecule has 2 heterocycles. The van der Waals surface area contributed by atoms with E-state index in [1.807, 2.05) is 36.5 Å². The number of aromatic nitrogens is 1. The van der Waals surface area contributed by atoms with E-state index in [1.54, 1.807) is 18.0 Å². The van der Waals surface area contributed by atoms with E-state index in [0.29, 0.717) is 12.3 Å². The summed E-state index contributed by atoms with van der Waals surface area (Å²) in [7, 11) is 0. The number of nitrogens with one attached hydrogen (secondary N) is 2. The molecule has 0 spiro atoms. The minimum atomic E-state index is 0.106. The fourth-order valence-electron chi connectivity index (χ4n) is 2.65. The molecule has 0 saturated carbocycles. The summed E-state index contributed by atoms with van der Waals surface area (Å²) in [6.07, 6.45) is 5.37.